The first kappa shape index (κ1) is 20.6. The molecule has 3 rings (SSSR count). The van der Waals surface area contributed by atoms with Gasteiger partial charge in [-0.15, -0.1) is 0 Å². The lowest BCUT2D eigenvalue weighted by Crippen LogP contribution is -2.28. The Bertz CT molecular complexity index is 905. The van der Waals surface area contributed by atoms with Crippen LogP contribution in [0, 0.1) is 5.92 Å². The molecule has 0 saturated carbocycles. The van der Waals surface area contributed by atoms with Crippen molar-refractivity contribution in [2.45, 2.75) is 39.7 Å². The third-order valence-electron chi connectivity index (χ3n) is 4.89. The number of para-hydroxylation sites is 1. The van der Waals surface area contributed by atoms with Crippen molar-refractivity contribution >= 4 is 29.2 Å². The number of hydrogen-bond acceptors (Lipinski definition) is 4. The molecule has 0 spiro atoms. The second-order valence-electron chi connectivity index (χ2n) is 7.41. The molecule has 0 aromatic heterocycles. The summed E-state index contributed by atoms with van der Waals surface area (Å²) in [5, 5.41) is 2.84. The highest BCUT2D eigenvalue weighted by molar-refractivity contribution is 6.04. The van der Waals surface area contributed by atoms with Crippen molar-refractivity contribution in [3.05, 3.63) is 59.7 Å². The maximum Gasteiger partial charge on any atom is 0.338 e. The van der Waals surface area contributed by atoms with Crippen LogP contribution in [0.15, 0.2) is 48.5 Å². The van der Waals surface area contributed by atoms with E-state index in [1.807, 2.05) is 31.2 Å². The zero-order valence-electron chi connectivity index (χ0n) is 17.0. The lowest BCUT2D eigenvalue weighted by Gasteiger charge is -2.20. The molecule has 1 fully saturated rings. The van der Waals surface area contributed by atoms with Crippen LogP contribution in [-0.2, 0) is 20.7 Å². The summed E-state index contributed by atoms with van der Waals surface area (Å²) in [6.45, 7) is 5.99. The number of amides is 2. The van der Waals surface area contributed by atoms with Gasteiger partial charge in [-0.25, -0.2) is 4.79 Å². The fourth-order valence-electron chi connectivity index (χ4n) is 3.41. The number of aryl methyl sites for hydroxylation is 1. The summed E-state index contributed by atoms with van der Waals surface area (Å²) in [6, 6.07) is 14.3. The molecule has 1 atom stereocenters. The summed E-state index contributed by atoms with van der Waals surface area (Å²) in [6.07, 6.45) is 0.813. The number of esters is 1. The topological polar surface area (TPSA) is 75.7 Å². The molecular weight excluding hydrogens is 368 g/mol. The van der Waals surface area contributed by atoms with E-state index in [0.717, 1.165) is 17.7 Å². The van der Waals surface area contributed by atoms with Gasteiger partial charge < -0.3 is 15.0 Å². The second kappa shape index (κ2) is 8.90. The van der Waals surface area contributed by atoms with E-state index in [-0.39, 0.29) is 24.3 Å². The Kier molecular flexibility index (Phi) is 6.32. The van der Waals surface area contributed by atoms with Gasteiger partial charge in [0.15, 0.2) is 0 Å². The van der Waals surface area contributed by atoms with Gasteiger partial charge >= 0.3 is 5.97 Å². The molecule has 0 aliphatic carbocycles. The third-order valence-corrected chi connectivity index (χ3v) is 4.89. The highest BCUT2D eigenvalue weighted by Gasteiger charge is 2.35. The van der Waals surface area contributed by atoms with Crippen molar-refractivity contribution in [3.8, 4) is 0 Å². The summed E-state index contributed by atoms with van der Waals surface area (Å²) in [7, 11) is 0. The molecule has 1 aliphatic rings. The first-order chi connectivity index (χ1) is 13.9. The van der Waals surface area contributed by atoms with Crippen LogP contribution in [0.1, 0.15) is 43.1 Å². The number of anilines is 2. The van der Waals surface area contributed by atoms with E-state index >= 15 is 0 Å². The number of hydrogen-bond donors (Lipinski definition) is 1. The van der Waals surface area contributed by atoms with Gasteiger partial charge in [0.2, 0.25) is 11.8 Å². The van der Waals surface area contributed by atoms with Crippen molar-refractivity contribution in [3.63, 3.8) is 0 Å². The molecule has 1 heterocycles. The standard InChI is InChI=1S/C23H26N2O4/c1-4-16-7-5-6-8-20(16)25-14-18(13-21(25)26)22(27)24-19-11-9-17(10-12-19)23(28)29-15(2)3/h5-12,15,18H,4,13-14H2,1-3H3,(H,24,27)/t18-/m0/s1. The molecule has 0 bridgehead atoms. The Morgan fingerprint density at radius 2 is 1.83 bits per heavy atom. The lowest BCUT2D eigenvalue weighted by atomic mass is 10.1. The van der Waals surface area contributed by atoms with Gasteiger partial charge in [-0.05, 0) is 56.2 Å². The van der Waals surface area contributed by atoms with Crippen molar-refractivity contribution in [1.29, 1.82) is 0 Å². The first-order valence-electron chi connectivity index (χ1n) is 9.89. The van der Waals surface area contributed by atoms with Crippen molar-refractivity contribution in [2.24, 2.45) is 5.92 Å². The Labute approximate surface area is 170 Å². The summed E-state index contributed by atoms with van der Waals surface area (Å²) in [5.74, 6) is -1.06. The molecule has 1 N–H and O–H groups in total. The van der Waals surface area contributed by atoms with Crippen LogP contribution in [0.25, 0.3) is 0 Å². The van der Waals surface area contributed by atoms with Gasteiger partial charge in [0.05, 0.1) is 17.6 Å². The molecule has 2 amide bonds. The summed E-state index contributed by atoms with van der Waals surface area (Å²) in [5.41, 5.74) is 2.97. The molecule has 29 heavy (non-hydrogen) atoms. The average molecular weight is 394 g/mol. The molecule has 6 nitrogen and oxygen atoms in total. The molecule has 0 radical (unpaired) electrons. The van der Waals surface area contributed by atoms with E-state index in [1.54, 1.807) is 43.0 Å². The van der Waals surface area contributed by atoms with Gasteiger partial charge in [-0.1, -0.05) is 25.1 Å². The van der Waals surface area contributed by atoms with Crippen LogP contribution in [0.5, 0.6) is 0 Å². The van der Waals surface area contributed by atoms with Gasteiger partial charge in [-0.3, -0.25) is 9.59 Å². The minimum Gasteiger partial charge on any atom is -0.459 e. The number of ether oxygens (including phenoxy) is 1. The van der Waals surface area contributed by atoms with E-state index < -0.39 is 11.9 Å². The van der Waals surface area contributed by atoms with Crippen LogP contribution in [0.3, 0.4) is 0 Å². The lowest BCUT2D eigenvalue weighted by molar-refractivity contribution is -0.122. The number of benzene rings is 2. The van der Waals surface area contributed by atoms with Crippen LogP contribution in [0.4, 0.5) is 11.4 Å². The first-order valence-corrected chi connectivity index (χ1v) is 9.89. The van der Waals surface area contributed by atoms with Crippen LogP contribution < -0.4 is 10.2 Å². The monoisotopic (exact) mass is 394 g/mol. The van der Waals surface area contributed by atoms with Gasteiger partial charge in [-0.2, -0.15) is 0 Å². The summed E-state index contributed by atoms with van der Waals surface area (Å²) >= 11 is 0. The molecule has 1 saturated heterocycles. The van der Waals surface area contributed by atoms with Gasteiger partial charge in [0.25, 0.3) is 0 Å². The fourth-order valence-corrected chi connectivity index (χ4v) is 3.41. The maximum atomic E-state index is 12.7. The molecule has 0 unspecified atom stereocenters. The van der Waals surface area contributed by atoms with Crippen molar-refractivity contribution in [2.75, 3.05) is 16.8 Å². The number of carbonyl (C=O) groups is 3. The van der Waals surface area contributed by atoms with Crippen LogP contribution in [-0.4, -0.2) is 30.4 Å². The Hall–Kier alpha value is -3.15. The third kappa shape index (κ3) is 4.83. The number of nitrogens with zero attached hydrogens (tertiary/aromatic N) is 1. The van der Waals surface area contributed by atoms with E-state index in [2.05, 4.69) is 5.32 Å². The van der Waals surface area contributed by atoms with E-state index in [9.17, 15) is 14.4 Å². The minimum atomic E-state index is -0.419. The SMILES string of the molecule is CCc1ccccc1N1C[C@@H](C(=O)Nc2ccc(C(=O)OC(C)C)cc2)CC1=O. The Morgan fingerprint density at radius 3 is 2.48 bits per heavy atom. The molecule has 2 aromatic carbocycles. The Morgan fingerprint density at radius 1 is 1.14 bits per heavy atom. The number of nitrogens with one attached hydrogen (secondary N) is 1. The van der Waals surface area contributed by atoms with Gasteiger partial charge in [0.1, 0.15) is 0 Å². The normalized spacial score (nSPS) is 16.2. The van der Waals surface area contributed by atoms with Crippen LogP contribution in [0.2, 0.25) is 0 Å². The predicted octanol–water partition coefficient (Wildman–Crippen LogP) is 3.81. The second-order valence-corrected chi connectivity index (χ2v) is 7.41. The van der Waals surface area contributed by atoms with E-state index in [1.165, 1.54) is 0 Å². The van der Waals surface area contributed by atoms with Crippen molar-refractivity contribution < 1.29 is 19.1 Å². The molecule has 6 heteroatoms. The zero-order valence-corrected chi connectivity index (χ0v) is 17.0. The number of rotatable bonds is 6. The summed E-state index contributed by atoms with van der Waals surface area (Å²) in [4.78, 5) is 38.8. The highest BCUT2D eigenvalue weighted by Crippen LogP contribution is 2.29. The summed E-state index contributed by atoms with van der Waals surface area (Å²) < 4.78 is 5.15. The fraction of sp³-hybridized carbons (Fsp3) is 0.348. The van der Waals surface area contributed by atoms with E-state index in [4.69, 9.17) is 4.74 Å². The average Bonchev–Trinajstić information content (AvgIpc) is 3.09. The molecular formula is C23H26N2O4. The highest BCUT2D eigenvalue weighted by atomic mass is 16.5. The van der Waals surface area contributed by atoms with Gasteiger partial charge in [0, 0.05) is 24.3 Å². The predicted molar refractivity (Wildman–Crippen MR) is 112 cm³/mol. The smallest absolute Gasteiger partial charge is 0.338 e. The number of carbonyl (C=O) groups excluding carboxylic acids is 3. The molecule has 1 aliphatic heterocycles. The van der Waals surface area contributed by atoms with Crippen LogP contribution >= 0.6 is 0 Å². The quantitative estimate of drug-likeness (QED) is 0.756. The largest absolute Gasteiger partial charge is 0.459 e. The zero-order chi connectivity index (χ0) is 21.0. The minimum absolute atomic E-state index is 0.0437. The molecule has 2 aromatic rings. The van der Waals surface area contributed by atoms with Crippen molar-refractivity contribution in [1.82, 2.24) is 0 Å². The molecule has 152 valence electrons. The maximum absolute atomic E-state index is 12.7. The van der Waals surface area contributed by atoms with E-state index in [0.29, 0.717) is 17.8 Å². The Balaban J connectivity index is 1.64.